The van der Waals surface area contributed by atoms with Crippen LogP contribution in [0, 0.1) is 6.92 Å². The summed E-state index contributed by atoms with van der Waals surface area (Å²) in [6, 6.07) is 10.9. The molecule has 1 fully saturated rings. The molecule has 1 saturated heterocycles. The normalized spacial score (nSPS) is 21.0. The molecule has 3 aromatic rings. The molecule has 3 heterocycles. The lowest BCUT2D eigenvalue weighted by Crippen LogP contribution is -2.34. The van der Waals surface area contributed by atoms with Crippen molar-refractivity contribution in [2.75, 3.05) is 18.6 Å². The summed E-state index contributed by atoms with van der Waals surface area (Å²) in [5.41, 5.74) is 3.98. The third-order valence-electron chi connectivity index (χ3n) is 4.40. The van der Waals surface area contributed by atoms with Gasteiger partial charge in [-0.3, -0.25) is 4.98 Å². The third-order valence-corrected chi connectivity index (χ3v) is 4.40. The number of fused-ring (bicyclic) bond motifs is 1. The number of aryl methyl sites for hydroxylation is 1. The Balaban J connectivity index is 1.65. The molecule has 0 unspecified atom stereocenters. The number of hydrogen-bond acceptors (Lipinski definition) is 5. The van der Waals surface area contributed by atoms with Gasteiger partial charge in [0.2, 0.25) is 0 Å². The van der Waals surface area contributed by atoms with Crippen LogP contribution in [0.15, 0.2) is 47.1 Å². The zero-order valence-corrected chi connectivity index (χ0v) is 13.3. The van der Waals surface area contributed by atoms with E-state index in [2.05, 4.69) is 27.9 Å². The topological polar surface area (TPSA) is 51.4 Å². The Morgan fingerprint density at radius 2 is 2.17 bits per heavy atom. The fourth-order valence-corrected chi connectivity index (χ4v) is 3.16. The van der Waals surface area contributed by atoms with Crippen molar-refractivity contribution in [1.82, 2.24) is 9.97 Å². The lowest BCUT2D eigenvalue weighted by Gasteiger charge is -2.27. The average Bonchev–Trinajstić information content (AvgIpc) is 3.21. The molecule has 2 aromatic heterocycles. The van der Waals surface area contributed by atoms with Gasteiger partial charge >= 0.3 is 0 Å². The molecule has 0 aliphatic carbocycles. The van der Waals surface area contributed by atoms with E-state index < -0.39 is 0 Å². The minimum atomic E-state index is -0.00884. The van der Waals surface area contributed by atoms with E-state index in [1.165, 1.54) is 5.56 Å². The van der Waals surface area contributed by atoms with Gasteiger partial charge in [-0.15, -0.1) is 0 Å². The maximum Gasteiger partial charge on any atom is 0.298 e. The highest BCUT2D eigenvalue weighted by Gasteiger charge is 2.34. The van der Waals surface area contributed by atoms with E-state index in [1.54, 1.807) is 6.20 Å². The average molecular weight is 309 g/mol. The van der Waals surface area contributed by atoms with Gasteiger partial charge in [0, 0.05) is 31.6 Å². The van der Waals surface area contributed by atoms with Crippen LogP contribution in [-0.2, 0) is 4.74 Å². The fourth-order valence-electron chi connectivity index (χ4n) is 3.16. The molecule has 5 nitrogen and oxygen atoms in total. The highest BCUT2D eigenvalue weighted by atomic mass is 16.5. The van der Waals surface area contributed by atoms with E-state index in [-0.39, 0.29) is 12.1 Å². The summed E-state index contributed by atoms with van der Waals surface area (Å²) in [7, 11) is 2.01. The first-order chi connectivity index (χ1) is 11.2. The van der Waals surface area contributed by atoms with Gasteiger partial charge in [-0.25, -0.2) is 0 Å². The lowest BCUT2D eigenvalue weighted by molar-refractivity contribution is 0.103. The van der Waals surface area contributed by atoms with E-state index in [0.29, 0.717) is 6.01 Å². The van der Waals surface area contributed by atoms with Crippen molar-refractivity contribution in [3.63, 3.8) is 0 Å². The molecular weight excluding hydrogens is 290 g/mol. The summed E-state index contributed by atoms with van der Waals surface area (Å²) in [6.45, 7) is 2.79. The zero-order chi connectivity index (χ0) is 15.8. The van der Waals surface area contributed by atoms with Crippen molar-refractivity contribution >= 4 is 17.1 Å². The monoisotopic (exact) mass is 309 g/mol. The summed E-state index contributed by atoms with van der Waals surface area (Å²) in [4.78, 5) is 10.9. The largest absolute Gasteiger partial charge is 0.423 e. The van der Waals surface area contributed by atoms with E-state index in [4.69, 9.17) is 9.15 Å². The van der Waals surface area contributed by atoms with Gasteiger partial charge in [0.15, 0.2) is 5.58 Å². The molecule has 4 rings (SSSR count). The van der Waals surface area contributed by atoms with Crippen molar-refractivity contribution in [3.8, 4) is 0 Å². The predicted octanol–water partition coefficient (Wildman–Crippen LogP) is 3.50. The second-order valence-electron chi connectivity index (χ2n) is 6.01. The molecule has 0 N–H and O–H groups in total. The molecule has 2 atom stereocenters. The Bertz CT molecular complexity index is 816. The number of rotatable bonds is 3. The summed E-state index contributed by atoms with van der Waals surface area (Å²) in [5.74, 6) is 0. The van der Waals surface area contributed by atoms with Gasteiger partial charge in [-0.2, -0.15) is 4.98 Å². The van der Waals surface area contributed by atoms with E-state index in [0.717, 1.165) is 29.7 Å². The quantitative estimate of drug-likeness (QED) is 0.741. The Kier molecular flexibility index (Phi) is 3.50. The molecule has 5 heteroatoms. The Hall–Kier alpha value is -2.40. The van der Waals surface area contributed by atoms with Crippen LogP contribution >= 0.6 is 0 Å². The minimum Gasteiger partial charge on any atom is -0.423 e. The van der Waals surface area contributed by atoms with Gasteiger partial charge in [0.25, 0.3) is 6.01 Å². The van der Waals surface area contributed by atoms with Crippen LogP contribution in [0.4, 0.5) is 6.01 Å². The second-order valence-corrected chi connectivity index (χ2v) is 6.01. The molecule has 118 valence electrons. The zero-order valence-electron chi connectivity index (χ0n) is 13.3. The molecule has 0 radical (unpaired) electrons. The number of pyridine rings is 1. The molecule has 0 spiro atoms. The smallest absolute Gasteiger partial charge is 0.298 e. The predicted molar refractivity (Wildman–Crippen MR) is 88.5 cm³/mol. The van der Waals surface area contributed by atoms with E-state index >= 15 is 0 Å². The second kappa shape index (κ2) is 5.66. The number of hydrogen-bond donors (Lipinski definition) is 0. The number of nitrogens with zero attached hydrogens (tertiary/aromatic N) is 3. The van der Waals surface area contributed by atoms with Crippen LogP contribution in [0.25, 0.3) is 11.1 Å². The first-order valence-corrected chi connectivity index (χ1v) is 7.84. The Labute approximate surface area is 134 Å². The van der Waals surface area contributed by atoms with Gasteiger partial charge < -0.3 is 14.1 Å². The standard InChI is InChI=1S/C18H19N3O2/c1-12-5-6-16-14(10-12)20-18(23-16)21(2)15-7-9-22-17(15)13-4-3-8-19-11-13/h3-6,8,10-11,15,17H,7,9H2,1-2H3/t15-,17+/m0/s1. The van der Waals surface area contributed by atoms with Gasteiger partial charge in [0.1, 0.15) is 11.6 Å². The molecule has 0 saturated carbocycles. The van der Waals surface area contributed by atoms with Crippen LogP contribution in [-0.4, -0.2) is 29.7 Å². The molecule has 1 aliphatic heterocycles. The summed E-state index contributed by atoms with van der Waals surface area (Å²) < 4.78 is 11.9. The number of benzene rings is 1. The van der Waals surface area contributed by atoms with Crippen molar-refractivity contribution < 1.29 is 9.15 Å². The molecular formula is C18H19N3O2. The van der Waals surface area contributed by atoms with Crippen molar-refractivity contribution in [3.05, 3.63) is 53.9 Å². The maximum absolute atomic E-state index is 5.94. The number of likely N-dealkylation sites (N-methyl/N-ethyl adjacent to an activating group) is 1. The van der Waals surface area contributed by atoms with Crippen LogP contribution in [0.2, 0.25) is 0 Å². The first-order valence-electron chi connectivity index (χ1n) is 7.84. The van der Waals surface area contributed by atoms with E-state index in [1.807, 2.05) is 37.5 Å². The van der Waals surface area contributed by atoms with Crippen LogP contribution in [0.5, 0.6) is 0 Å². The highest BCUT2D eigenvalue weighted by molar-refractivity contribution is 5.75. The van der Waals surface area contributed by atoms with Crippen LogP contribution in [0.3, 0.4) is 0 Å². The number of ether oxygens (including phenoxy) is 1. The molecule has 1 aliphatic rings. The maximum atomic E-state index is 5.94. The van der Waals surface area contributed by atoms with Gasteiger partial charge in [-0.1, -0.05) is 12.1 Å². The minimum absolute atomic E-state index is 0.00884. The summed E-state index contributed by atoms with van der Waals surface area (Å²) in [6.07, 6.45) is 4.57. The highest BCUT2D eigenvalue weighted by Crippen LogP contribution is 2.34. The first kappa shape index (κ1) is 14.2. The summed E-state index contributed by atoms with van der Waals surface area (Å²) >= 11 is 0. The van der Waals surface area contributed by atoms with Gasteiger partial charge in [0.05, 0.1) is 6.04 Å². The summed E-state index contributed by atoms with van der Waals surface area (Å²) in [5, 5.41) is 0. The molecule has 0 amide bonds. The van der Waals surface area contributed by atoms with Gasteiger partial charge in [-0.05, 0) is 37.1 Å². The lowest BCUT2D eigenvalue weighted by atomic mass is 10.0. The Morgan fingerprint density at radius 1 is 1.26 bits per heavy atom. The number of anilines is 1. The van der Waals surface area contributed by atoms with Crippen LogP contribution < -0.4 is 4.90 Å². The fraction of sp³-hybridized carbons (Fsp3) is 0.333. The SMILES string of the molecule is Cc1ccc2oc(N(C)[C@H]3CCO[C@@H]3c3cccnc3)nc2c1. The van der Waals surface area contributed by atoms with Crippen molar-refractivity contribution in [1.29, 1.82) is 0 Å². The third kappa shape index (κ3) is 2.57. The Morgan fingerprint density at radius 3 is 3.00 bits per heavy atom. The molecule has 0 bridgehead atoms. The van der Waals surface area contributed by atoms with Crippen LogP contribution in [0.1, 0.15) is 23.7 Å². The van der Waals surface area contributed by atoms with E-state index in [9.17, 15) is 0 Å². The molecule has 1 aromatic carbocycles. The number of aromatic nitrogens is 2. The number of oxazole rings is 1. The molecule has 23 heavy (non-hydrogen) atoms. The van der Waals surface area contributed by atoms with Crippen molar-refractivity contribution in [2.45, 2.75) is 25.5 Å². The van der Waals surface area contributed by atoms with Crippen molar-refractivity contribution in [2.24, 2.45) is 0 Å².